The van der Waals surface area contributed by atoms with E-state index in [1.807, 2.05) is 67.6 Å². The molecule has 0 atom stereocenters. The Morgan fingerprint density at radius 3 is 2.69 bits per heavy atom. The fourth-order valence-corrected chi connectivity index (χ4v) is 4.22. The topological polar surface area (TPSA) is 74.3 Å². The molecule has 29 heavy (non-hydrogen) atoms. The number of fused-ring (bicyclic) bond motifs is 2. The van der Waals surface area contributed by atoms with E-state index in [4.69, 9.17) is 0 Å². The standard InChI is InChI=1S/C22H20N4O2S/c1-2-26-18-13-15(25-22(28)24-14-16-7-5-6-12-23-16)10-11-20(18)29-19-9-4-3-8-17(19)21(26)27/h3-13H,2,14H2,1H3,(H2,24,25,28). The number of nitrogens with zero attached hydrogens (tertiary/aromatic N) is 2. The minimum atomic E-state index is -0.325. The van der Waals surface area contributed by atoms with Crippen LogP contribution in [0.1, 0.15) is 23.0 Å². The first-order valence-corrected chi connectivity index (χ1v) is 10.1. The minimum Gasteiger partial charge on any atom is -0.332 e. The van der Waals surface area contributed by atoms with Gasteiger partial charge in [-0.15, -0.1) is 0 Å². The van der Waals surface area contributed by atoms with Gasteiger partial charge < -0.3 is 15.5 Å². The van der Waals surface area contributed by atoms with Crippen LogP contribution in [0.3, 0.4) is 0 Å². The van der Waals surface area contributed by atoms with Gasteiger partial charge in [-0.2, -0.15) is 0 Å². The summed E-state index contributed by atoms with van der Waals surface area (Å²) in [5, 5.41) is 5.63. The number of rotatable bonds is 4. The number of anilines is 2. The monoisotopic (exact) mass is 404 g/mol. The van der Waals surface area contributed by atoms with Crippen molar-refractivity contribution in [3.8, 4) is 0 Å². The highest BCUT2D eigenvalue weighted by atomic mass is 32.2. The van der Waals surface area contributed by atoms with E-state index in [1.165, 1.54) is 0 Å². The molecular weight excluding hydrogens is 384 g/mol. The summed E-state index contributed by atoms with van der Waals surface area (Å²) in [6, 6.07) is 18.5. The first kappa shape index (κ1) is 19.0. The lowest BCUT2D eigenvalue weighted by Crippen LogP contribution is -2.31. The molecule has 0 aliphatic carbocycles. The van der Waals surface area contributed by atoms with Crippen molar-refractivity contribution in [1.82, 2.24) is 10.3 Å². The predicted octanol–water partition coefficient (Wildman–Crippen LogP) is 4.53. The summed E-state index contributed by atoms with van der Waals surface area (Å²) in [6.07, 6.45) is 1.69. The number of aromatic nitrogens is 1. The average Bonchev–Trinajstić information content (AvgIpc) is 2.86. The summed E-state index contributed by atoms with van der Waals surface area (Å²) in [6.45, 7) is 2.82. The summed E-state index contributed by atoms with van der Waals surface area (Å²) >= 11 is 1.56. The van der Waals surface area contributed by atoms with E-state index < -0.39 is 0 Å². The lowest BCUT2D eigenvalue weighted by molar-refractivity contribution is 0.0985. The second-order valence-corrected chi connectivity index (χ2v) is 7.54. The van der Waals surface area contributed by atoms with Gasteiger partial charge in [0.2, 0.25) is 0 Å². The molecule has 0 bridgehead atoms. The van der Waals surface area contributed by atoms with E-state index in [9.17, 15) is 9.59 Å². The molecule has 0 saturated carbocycles. The van der Waals surface area contributed by atoms with Crippen LogP contribution in [-0.4, -0.2) is 23.5 Å². The molecule has 7 heteroatoms. The molecule has 2 N–H and O–H groups in total. The summed E-state index contributed by atoms with van der Waals surface area (Å²) in [7, 11) is 0. The van der Waals surface area contributed by atoms with Crippen LogP contribution < -0.4 is 15.5 Å². The van der Waals surface area contributed by atoms with Crippen molar-refractivity contribution in [3.05, 3.63) is 78.1 Å². The van der Waals surface area contributed by atoms with Crippen LogP contribution in [-0.2, 0) is 6.54 Å². The molecule has 146 valence electrons. The fraction of sp³-hybridized carbons (Fsp3) is 0.136. The SMILES string of the molecule is CCN1C(=O)c2ccccc2Sc2ccc(NC(=O)NCc3ccccn3)cc21. The third kappa shape index (κ3) is 4.09. The van der Waals surface area contributed by atoms with Crippen molar-refractivity contribution in [2.75, 3.05) is 16.8 Å². The van der Waals surface area contributed by atoms with Crippen molar-refractivity contribution in [1.29, 1.82) is 0 Å². The zero-order valence-corrected chi connectivity index (χ0v) is 16.7. The number of carbonyl (C=O) groups excluding carboxylic acids is 2. The number of hydrogen-bond donors (Lipinski definition) is 2. The molecule has 1 aliphatic rings. The molecule has 6 nitrogen and oxygen atoms in total. The Balaban J connectivity index is 1.54. The number of amides is 3. The zero-order valence-electron chi connectivity index (χ0n) is 15.9. The molecule has 0 saturated heterocycles. The van der Waals surface area contributed by atoms with Gasteiger partial charge in [0.15, 0.2) is 0 Å². The number of nitrogens with one attached hydrogen (secondary N) is 2. The number of pyridine rings is 1. The molecule has 0 radical (unpaired) electrons. The highest BCUT2D eigenvalue weighted by molar-refractivity contribution is 7.99. The average molecular weight is 404 g/mol. The molecule has 0 spiro atoms. The second-order valence-electron chi connectivity index (χ2n) is 6.46. The van der Waals surface area contributed by atoms with Gasteiger partial charge in [-0.25, -0.2) is 4.79 Å². The van der Waals surface area contributed by atoms with Crippen molar-refractivity contribution < 1.29 is 9.59 Å². The third-order valence-electron chi connectivity index (χ3n) is 4.56. The summed E-state index contributed by atoms with van der Waals surface area (Å²) in [4.78, 5) is 33.1. The highest BCUT2D eigenvalue weighted by Crippen LogP contribution is 2.42. The Hall–Kier alpha value is -3.32. The van der Waals surface area contributed by atoms with Crippen LogP contribution in [0.4, 0.5) is 16.2 Å². The molecule has 0 fully saturated rings. The van der Waals surface area contributed by atoms with E-state index in [1.54, 1.807) is 22.9 Å². The van der Waals surface area contributed by atoms with Crippen LogP contribution in [0.5, 0.6) is 0 Å². The molecule has 3 amide bonds. The molecule has 0 unspecified atom stereocenters. The predicted molar refractivity (Wildman–Crippen MR) is 114 cm³/mol. The van der Waals surface area contributed by atoms with Crippen LogP contribution >= 0.6 is 11.8 Å². The Kier molecular flexibility index (Phi) is 5.48. The van der Waals surface area contributed by atoms with Gasteiger partial charge in [0, 0.05) is 28.2 Å². The maximum Gasteiger partial charge on any atom is 0.319 e. The summed E-state index contributed by atoms with van der Waals surface area (Å²) < 4.78 is 0. The highest BCUT2D eigenvalue weighted by Gasteiger charge is 2.26. The van der Waals surface area contributed by atoms with E-state index in [-0.39, 0.29) is 11.9 Å². The number of benzene rings is 2. The summed E-state index contributed by atoms with van der Waals surface area (Å²) in [5.74, 6) is -0.0360. The molecule has 3 aromatic rings. The second kappa shape index (κ2) is 8.36. The van der Waals surface area contributed by atoms with Gasteiger partial charge in [-0.05, 0) is 49.4 Å². The molecule has 4 rings (SSSR count). The van der Waals surface area contributed by atoms with Gasteiger partial charge >= 0.3 is 6.03 Å². The molecule has 1 aliphatic heterocycles. The van der Waals surface area contributed by atoms with Crippen molar-refractivity contribution in [2.24, 2.45) is 0 Å². The van der Waals surface area contributed by atoms with Crippen molar-refractivity contribution in [3.63, 3.8) is 0 Å². The number of hydrogen-bond acceptors (Lipinski definition) is 4. The lowest BCUT2D eigenvalue weighted by Gasteiger charge is -2.22. The first-order chi connectivity index (χ1) is 14.2. The molecule has 2 aromatic carbocycles. The van der Waals surface area contributed by atoms with E-state index in [0.717, 1.165) is 21.2 Å². The van der Waals surface area contributed by atoms with Crippen molar-refractivity contribution in [2.45, 2.75) is 23.3 Å². The Morgan fingerprint density at radius 1 is 1.07 bits per heavy atom. The smallest absolute Gasteiger partial charge is 0.319 e. The quantitative estimate of drug-likeness (QED) is 0.670. The zero-order chi connectivity index (χ0) is 20.2. The normalized spacial score (nSPS) is 12.6. The largest absolute Gasteiger partial charge is 0.332 e. The van der Waals surface area contributed by atoms with Gasteiger partial charge in [0.05, 0.1) is 23.5 Å². The van der Waals surface area contributed by atoms with Gasteiger partial charge in [0.25, 0.3) is 5.91 Å². The Morgan fingerprint density at radius 2 is 1.90 bits per heavy atom. The molecular formula is C22H20N4O2S. The van der Waals surface area contributed by atoms with Crippen LogP contribution in [0, 0.1) is 0 Å². The molecule has 1 aromatic heterocycles. The number of urea groups is 1. The van der Waals surface area contributed by atoms with Crippen molar-refractivity contribution >= 4 is 35.1 Å². The van der Waals surface area contributed by atoms with E-state index in [2.05, 4.69) is 15.6 Å². The third-order valence-corrected chi connectivity index (χ3v) is 5.70. The van der Waals surface area contributed by atoms with E-state index >= 15 is 0 Å². The fourth-order valence-electron chi connectivity index (χ4n) is 3.16. The van der Waals surface area contributed by atoms with Gasteiger partial charge in [-0.3, -0.25) is 9.78 Å². The van der Waals surface area contributed by atoms with E-state index in [0.29, 0.717) is 24.3 Å². The molecule has 2 heterocycles. The van der Waals surface area contributed by atoms with Crippen LogP contribution in [0.25, 0.3) is 0 Å². The first-order valence-electron chi connectivity index (χ1n) is 9.33. The minimum absolute atomic E-state index is 0.0360. The van der Waals surface area contributed by atoms with Crippen LogP contribution in [0.15, 0.2) is 76.7 Å². The Labute approximate surface area is 173 Å². The number of carbonyl (C=O) groups is 2. The van der Waals surface area contributed by atoms with Crippen LogP contribution in [0.2, 0.25) is 0 Å². The van der Waals surface area contributed by atoms with Gasteiger partial charge in [0.1, 0.15) is 0 Å². The van der Waals surface area contributed by atoms with Gasteiger partial charge in [-0.1, -0.05) is 30.0 Å². The maximum absolute atomic E-state index is 13.0. The summed E-state index contributed by atoms with van der Waals surface area (Å²) in [5.41, 5.74) is 2.89. The lowest BCUT2D eigenvalue weighted by atomic mass is 10.1. The maximum atomic E-state index is 13.0. The Bertz CT molecular complexity index is 1060.